The fourth-order valence-electron chi connectivity index (χ4n) is 5.06. The number of carbonyl (C=O) groups excluding carboxylic acids is 1. The van der Waals surface area contributed by atoms with E-state index in [1.807, 2.05) is 17.2 Å². The molecule has 0 N–H and O–H groups in total. The minimum atomic E-state index is -0.0392. The van der Waals surface area contributed by atoms with Gasteiger partial charge in [-0.15, -0.1) is 0 Å². The van der Waals surface area contributed by atoms with Crippen LogP contribution in [0.5, 0.6) is 0 Å². The zero-order chi connectivity index (χ0) is 21.9. The molecule has 3 fully saturated rings. The quantitative estimate of drug-likeness (QED) is 0.668. The Balaban J connectivity index is 1.16. The number of pyridine rings is 1. The van der Waals surface area contributed by atoms with Crippen LogP contribution in [0.15, 0.2) is 35.1 Å². The van der Waals surface area contributed by atoms with Crippen LogP contribution in [0.1, 0.15) is 40.7 Å². The molecule has 0 unspecified atom stereocenters. The molecule has 2 atom stereocenters. The van der Waals surface area contributed by atoms with Gasteiger partial charge in [-0.25, -0.2) is 0 Å². The van der Waals surface area contributed by atoms with Gasteiger partial charge in [0.25, 0.3) is 5.91 Å². The van der Waals surface area contributed by atoms with Crippen molar-refractivity contribution in [2.45, 2.75) is 37.6 Å². The Bertz CT molecular complexity index is 893. The van der Waals surface area contributed by atoms with Gasteiger partial charge in [0.2, 0.25) is 0 Å². The summed E-state index contributed by atoms with van der Waals surface area (Å²) in [7, 11) is 1.78. The Hall–Kier alpha value is -2.33. The highest BCUT2D eigenvalue weighted by atomic mass is 16.5. The molecule has 2 aromatic heterocycles. The van der Waals surface area contributed by atoms with Gasteiger partial charge < -0.3 is 18.9 Å². The van der Waals surface area contributed by atoms with Crippen molar-refractivity contribution in [3.05, 3.63) is 47.6 Å². The molecule has 3 aliphatic rings. The van der Waals surface area contributed by atoms with E-state index in [9.17, 15) is 4.79 Å². The third-order valence-electron chi connectivity index (χ3n) is 6.91. The van der Waals surface area contributed by atoms with Crippen LogP contribution in [-0.2, 0) is 16.0 Å². The van der Waals surface area contributed by atoms with Crippen LogP contribution in [0, 0.1) is 0 Å². The average molecular weight is 442 g/mol. The van der Waals surface area contributed by atoms with Crippen molar-refractivity contribution in [1.82, 2.24) is 24.8 Å². The smallest absolute Gasteiger partial charge is 0.276 e. The maximum atomic E-state index is 13.0. The minimum Gasteiger partial charge on any atom is -0.379 e. The summed E-state index contributed by atoms with van der Waals surface area (Å²) in [6.45, 7) is 6.25. The molecule has 9 nitrogen and oxygen atoms in total. The lowest BCUT2D eigenvalue weighted by Gasteiger charge is -2.52. The second kappa shape index (κ2) is 9.66. The highest BCUT2D eigenvalue weighted by molar-refractivity contribution is 5.92. The molecule has 5 rings (SSSR count). The van der Waals surface area contributed by atoms with Gasteiger partial charge in [0.15, 0.2) is 11.5 Å². The van der Waals surface area contributed by atoms with Crippen molar-refractivity contribution in [2.75, 3.05) is 53.0 Å². The third kappa shape index (κ3) is 4.43. The summed E-state index contributed by atoms with van der Waals surface area (Å²) in [4.78, 5) is 23.9. The first-order valence-electron chi connectivity index (χ1n) is 11.5. The number of morpholine rings is 1. The van der Waals surface area contributed by atoms with Crippen molar-refractivity contribution in [3.63, 3.8) is 0 Å². The summed E-state index contributed by atoms with van der Waals surface area (Å²) in [5.41, 5.74) is 1.60. The van der Waals surface area contributed by atoms with Crippen LogP contribution in [0.3, 0.4) is 0 Å². The molecule has 5 heterocycles. The molecule has 0 aromatic carbocycles. The summed E-state index contributed by atoms with van der Waals surface area (Å²) in [6.07, 6.45) is 5.81. The second-order valence-corrected chi connectivity index (χ2v) is 8.79. The predicted octanol–water partition coefficient (Wildman–Crippen LogP) is 1.58. The molecule has 9 heteroatoms. The molecule has 0 spiro atoms. The number of carbonyl (C=O) groups is 1. The zero-order valence-corrected chi connectivity index (χ0v) is 18.6. The van der Waals surface area contributed by atoms with Crippen LogP contribution in [-0.4, -0.2) is 95.9 Å². The van der Waals surface area contributed by atoms with Crippen LogP contribution >= 0.6 is 0 Å². The molecule has 172 valence electrons. The Morgan fingerprint density at radius 3 is 2.75 bits per heavy atom. The fraction of sp³-hybridized carbons (Fsp3) is 0.609. The van der Waals surface area contributed by atoms with E-state index >= 15 is 0 Å². The third-order valence-corrected chi connectivity index (χ3v) is 6.91. The van der Waals surface area contributed by atoms with Crippen molar-refractivity contribution >= 4 is 5.91 Å². The molecule has 0 bridgehead atoms. The van der Waals surface area contributed by atoms with E-state index in [0.717, 1.165) is 64.5 Å². The maximum Gasteiger partial charge on any atom is 0.276 e. The van der Waals surface area contributed by atoms with Gasteiger partial charge in [-0.2, -0.15) is 0 Å². The largest absolute Gasteiger partial charge is 0.379 e. The molecule has 3 saturated heterocycles. The van der Waals surface area contributed by atoms with E-state index in [1.54, 1.807) is 19.4 Å². The van der Waals surface area contributed by atoms with E-state index < -0.39 is 0 Å². The molecule has 1 amide bonds. The Labute approximate surface area is 188 Å². The van der Waals surface area contributed by atoms with Crippen LogP contribution in [0.4, 0.5) is 0 Å². The number of piperidine rings is 1. The summed E-state index contributed by atoms with van der Waals surface area (Å²) < 4.78 is 16.5. The lowest BCUT2D eigenvalue weighted by molar-refractivity contribution is -0.115. The van der Waals surface area contributed by atoms with E-state index in [0.29, 0.717) is 18.3 Å². The van der Waals surface area contributed by atoms with Gasteiger partial charge in [-0.05, 0) is 24.5 Å². The first kappa shape index (κ1) is 21.5. The minimum absolute atomic E-state index is 0.0392. The molecular weight excluding hydrogens is 410 g/mol. The monoisotopic (exact) mass is 441 g/mol. The molecular formula is C23H31N5O4. The van der Waals surface area contributed by atoms with Crippen molar-refractivity contribution in [2.24, 2.45) is 0 Å². The second-order valence-electron chi connectivity index (χ2n) is 8.79. The summed E-state index contributed by atoms with van der Waals surface area (Å²) in [5, 5.41) is 4.05. The number of rotatable bonds is 6. The summed E-state index contributed by atoms with van der Waals surface area (Å²) in [6, 6.07) is 6.56. The van der Waals surface area contributed by atoms with Crippen LogP contribution in [0.25, 0.3) is 0 Å². The maximum absolute atomic E-state index is 13.0. The number of methoxy groups -OCH3 is 1. The Morgan fingerprint density at radius 2 is 2.03 bits per heavy atom. The number of likely N-dealkylation sites (tertiary alicyclic amines) is 2. The molecule has 3 aliphatic heterocycles. The average Bonchev–Trinajstić information content (AvgIpc) is 3.28. The number of aromatic nitrogens is 2. The van der Waals surface area contributed by atoms with Crippen LogP contribution < -0.4 is 0 Å². The molecule has 2 aromatic rings. The topological polar surface area (TPSA) is 84.2 Å². The Kier molecular flexibility index (Phi) is 6.49. The number of nitrogens with zero attached hydrogens (tertiary/aromatic N) is 5. The standard InChI is InChI=1S/C23H31N5O4/c1-30-21-16-28(22(21)17-3-2-6-24-14-17)18-4-7-27(8-5-18)23(29)20-13-19(32-25-20)15-26-9-11-31-12-10-26/h2-3,6,13-14,18,21-22H,4-5,7-12,15-16H2,1H3/t21-,22-/m0/s1. The molecule has 0 aliphatic carbocycles. The fourth-order valence-corrected chi connectivity index (χ4v) is 5.06. The van der Waals surface area contributed by atoms with E-state index in [1.165, 1.54) is 5.56 Å². The molecule has 0 radical (unpaired) electrons. The van der Waals surface area contributed by atoms with Crippen molar-refractivity contribution in [3.8, 4) is 0 Å². The lowest BCUT2D eigenvalue weighted by Crippen LogP contribution is -2.60. The van der Waals surface area contributed by atoms with Gasteiger partial charge in [-0.1, -0.05) is 11.2 Å². The van der Waals surface area contributed by atoms with Gasteiger partial charge in [-0.3, -0.25) is 19.6 Å². The number of hydrogen-bond acceptors (Lipinski definition) is 8. The zero-order valence-electron chi connectivity index (χ0n) is 18.6. The van der Waals surface area contributed by atoms with Gasteiger partial charge in [0.1, 0.15) is 0 Å². The lowest BCUT2D eigenvalue weighted by atomic mass is 9.87. The highest BCUT2D eigenvalue weighted by Crippen LogP contribution is 2.39. The normalized spacial score (nSPS) is 25.6. The predicted molar refractivity (Wildman–Crippen MR) is 116 cm³/mol. The summed E-state index contributed by atoms with van der Waals surface area (Å²) >= 11 is 0. The van der Waals surface area contributed by atoms with Gasteiger partial charge in [0, 0.05) is 64.3 Å². The first-order chi connectivity index (χ1) is 15.7. The Morgan fingerprint density at radius 1 is 1.22 bits per heavy atom. The van der Waals surface area contributed by atoms with Gasteiger partial charge >= 0.3 is 0 Å². The highest BCUT2D eigenvalue weighted by Gasteiger charge is 2.44. The number of ether oxygens (including phenoxy) is 2. The number of amides is 1. The first-order valence-corrected chi connectivity index (χ1v) is 11.5. The van der Waals surface area contributed by atoms with E-state index in [-0.39, 0.29) is 18.1 Å². The van der Waals surface area contributed by atoms with E-state index in [4.69, 9.17) is 14.0 Å². The van der Waals surface area contributed by atoms with Crippen molar-refractivity contribution in [1.29, 1.82) is 0 Å². The summed E-state index contributed by atoms with van der Waals surface area (Å²) in [5.74, 6) is 0.693. The molecule has 0 saturated carbocycles. The van der Waals surface area contributed by atoms with Gasteiger partial charge in [0.05, 0.1) is 31.9 Å². The number of hydrogen-bond donors (Lipinski definition) is 0. The van der Waals surface area contributed by atoms with Crippen LogP contribution in [0.2, 0.25) is 0 Å². The van der Waals surface area contributed by atoms with E-state index in [2.05, 4.69) is 26.0 Å². The van der Waals surface area contributed by atoms with Crippen molar-refractivity contribution < 1.29 is 18.8 Å². The SMILES string of the molecule is CO[C@H]1CN(C2CCN(C(=O)c3cc(CN4CCOCC4)on3)CC2)[C@H]1c1cccnc1. The molecule has 32 heavy (non-hydrogen) atoms.